The molecule has 2 heterocycles. The summed E-state index contributed by atoms with van der Waals surface area (Å²) in [6, 6.07) is 10.5. The average molecular weight is 316 g/mol. The Morgan fingerprint density at radius 3 is 2.59 bits per heavy atom. The monoisotopic (exact) mass is 315 g/mol. The Labute approximate surface area is 134 Å². The summed E-state index contributed by atoms with van der Waals surface area (Å²) in [5.41, 5.74) is 2.84. The Balaban J connectivity index is 0.00000144. The van der Waals surface area contributed by atoms with Crippen molar-refractivity contribution in [2.24, 2.45) is 0 Å². The lowest BCUT2D eigenvalue weighted by Gasteiger charge is -2.17. The van der Waals surface area contributed by atoms with Crippen LogP contribution in [-0.4, -0.2) is 14.0 Å². The SMILES string of the molecule is Cc1cn2ccn(CC3(c4ccccc4)CC3)c(=O)c2n1.Cl. The van der Waals surface area contributed by atoms with E-state index in [2.05, 4.69) is 29.2 Å². The first kappa shape index (κ1) is 14.9. The smallest absolute Gasteiger partial charge is 0.294 e. The summed E-state index contributed by atoms with van der Waals surface area (Å²) in [5.74, 6) is 0. The molecule has 0 unspecified atom stereocenters. The lowest BCUT2D eigenvalue weighted by molar-refractivity contribution is 0.533. The number of hydrogen-bond donors (Lipinski definition) is 0. The Kier molecular flexibility index (Phi) is 3.57. The average Bonchev–Trinajstić information content (AvgIpc) is 3.18. The van der Waals surface area contributed by atoms with Gasteiger partial charge in [0.25, 0.3) is 5.56 Å². The van der Waals surface area contributed by atoms with Crippen molar-refractivity contribution in [1.82, 2.24) is 14.0 Å². The molecular formula is C17H18ClN3O. The van der Waals surface area contributed by atoms with E-state index in [1.54, 1.807) is 4.40 Å². The molecule has 0 amide bonds. The van der Waals surface area contributed by atoms with E-state index in [-0.39, 0.29) is 23.4 Å². The van der Waals surface area contributed by atoms with Gasteiger partial charge in [0.1, 0.15) is 0 Å². The van der Waals surface area contributed by atoms with Crippen molar-refractivity contribution >= 4 is 18.1 Å². The molecule has 4 rings (SSSR count). The quantitative estimate of drug-likeness (QED) is 0.745. The summed E-state index contributed by atoms with van der Waals surface area (Å²) in [7, 11) is 0. The molecule has 0 bridgehead atoms. The van der Waals surface area contributed by atoms with Crippen LogP contribution in [0.2, 0.25) is 0 Å². The molecule has 0 aliphatic heterocycles. The standard InChI is InChI=1S/C17H17N3O.ClH/c1-13-11-19-9-10-20(16(21)15(19)18-13)12-17(7-8-17)14-5-3-2-4-6-14;/h2-6,9-11H,7-8,12H2,1H3;1H. The first-order valence-electron chi connectivity index (χ1n) is 7.28. The number of halogens is 1. The molecule has 5 heteroatoms. The molecule has 0 atom stereocenters. The fourth-order valence-corrected chi connectivity index (χ4v) is 3.07. The van der Waals surface area contributed by atoms with Gasteiger partial charge in [0.05, 0.1) is 5.69 Å². The molecule has 2 aromatic heterocycles. The Morgan fingerprint density at radius 2 is 1.91 bits per heavy atom. The molecule has 0 saturated heterocycles. The molecule has 1 aliphatic carbocycles. The minimum Gasteiger partial charge on any atom is -0.310 e. The van der Waals surface area contributed by atoms with Gasteiger partial charge < -0.3 is 8.97 Å². The second kappa shape index (κ2) is 5.29. The third-order valence-corrected chi connectivity index (χ3v) is 4.42. The van der Waals surface area contributed by atoms with E-state index in [4.69, 9.17) is 0 Å². The molecule has 4 nitrogen and oxygen atoms in total. The molecule has 0 spiro atoms. The zero-order chi connectivity index (χ0) is 14.4. The van der Waals surface area contributed by atoms with Crippen LogP contribution in [0.1, 0.15) is 24.1 Å². The fraction of sp³-hybridized carbons (Fsp3) is 0.294. The molecule has 22 heavy (non-hydrogen) atoms. The molecule has 1 saturated carbocycles. The van der Waals surface area contributed by atoms with Crippen molar-refractivity contribution in [3.05, 3.63) is 70.5 Å². The predicted octanol–water partition coefficient (Wildman–Crippen LogP) is 2.96. The highest BCUT2D eigenvalue weighted by Gasteiger charge is 2.44. The van der Waals surface area contributed by atoms with Crippen LogP contribution in [0.3, 0.4) is 0 Å². The van der Waals surface area contributed by atoms with Crippen LogP contribution >= 0.6 is 12.4 Å². The first-order chi connectivity index (χ1) is 10.2. The van der Waals surface area contributed by atoms with Crippen LogP contribution < -0.4 is 5.56 Å². The van der Waals surface area contributed by atoms with E-state index in [9.17, 15) is 4.79 Å². The molecular weight excluding hydrogens is 298 g/mol. The van der Waals surface area contributed by atoms with Crippen LogP contribution in [0.4, 0.5) is 0 Å². The molecule has 0 radical (unpaired) electrons. The van der Waals surface area contributed by atoms with E-state index >= 15 is 0 Å². The lowest BCUT2D eigenvalue weighted by Crippen LogP contribution is -2.27. The number of aryl methyl sites for hydroxylation is 1. The van der Waals surface area contributed by atoms with Crippen LogP contribution in [-0.2, 0) is 12.0 Å². The Bertz CT molecular complexity index is 862. The van der Waals surface area contributed by atoms with Crippen LogP contribution in [0.15, 0.2) is 53.7 Å². The Hall–Kier alpha value is -2.07. The number of benzene rings is 1. The summed E-state index contributed by atoms with van der Waals surface area (Å²) < 4.78 is 3.61. The van der Waals surface area contributed by atoms with E-state index < -0.39 is 0 Å². The van der Waals surface area contributed by atoms with Gasteiger partial charge in [-0.1, -0.05) is 30.3 Å². The third kappa shape index (κ3) is 2.33. The lowest BCUT2D eigenvalue weighted by atomic mass is 9.96. The van der Waals surface area contributed by atoms with Crippen LogP contribution in [0, 0.1) is 6.92 Å². The first-order valence-corrected chi connectivity index (χ1v) is 7.28. The van der Waals surface area contributed by atoms with Crippen molar-refractivity contribution < 1.29 is 0 Å². The zero-order valence-corrected chi connectivity index (χ0v) is 13.2. The van der Waals surface area contributed by atoms with Crippen molar-refractivity contribution in [2.75, 3.05) is 0 Å². The second-order valence-corrected chi connectivity index (χ2v) is 5.99. The van der Waals surface area contributed by atoms with Gasteiger partial charge in [-0.3, -0.25) is 4.79 Å². The van der Waals surface area contributed by atoms with Gasteiger partial charge in [-0.05, 0) is 25.3 Å². The minimum atomic E-state index is -0.00666. The highest BCUT2D eigenvalue weighted by Crippen LogP contribution is 2.49. The normalized spacial score (nSPS) is 15.5. The van der Waals surface area contributed by atoms with Gasteiger partial charge in [-0.25, -0.2) is 4.98 Å². The summed E-state index contributed by atoms with van der Waals surface area (Å²) in [6.07, 6.45) is 7.95. The van der Waals surface area contributed by atoms with E-state index in [1.807, 2.05) is 36.1 Å². The van der Waals surface area contributed by atoms with Gasteiger partial charge in [-0.15, -0.1) is 12.4 Å². The summed E-state index contributed by atoms with van der Waals surface area (Å²) in [5, 5.41) is 0. The van der Waals surface area contributed by atoms with E-state index in [1.165, 1.54) is 5.56 Å². The van der Waals surface area contributed by atoms with E-state index in [0.717, 1.165) is 25.1 Å². The molecule has 1 fully saturated rings. The van der Waals surface area contributed by atoms with Crippen molar-refractivity contribution in [3.8, 4) is 0 Å². The van der Waals surface area contributed by atoms with Crippen LogP contribution in [0.5, 0.6) is 0 Å². The fourth-order valence-electron chi connectivity index (χ4n) is 3.07. The number of rotatable bonds is 3. The number of fused-ring (bicyclic) bond motifs is 1. The van der Waals surface area contributed by atoms with Crippen molar-refractivity contribution in [1.29, 1.82) is 0 Å². The number of hydrogen-bond acceptors (Lipinski definition) is 2. The van der Waals surface area contributed by atoms with Crippen molar-refractivity contribution in [2.45, 2.75) is 31.7 Å². The molecule has 3 aromatic rings. The van der Waals surface area contributed by atoms with Gasteiger partial charge in [0.15, 0.2) is 0 Å². The maximum absolute atomic E-state index is 12.6. The highest BCUT2D eigenvalue weighted by atomic mass is 35.5. The van der Waals surface area contributed by atoms with Crippen LogP contribution in [0.25, 0.3) is 5.65 Å². The maximum atomic E-state index is 12.6. The number of nitrogens with zero attached hydrogens (tertiary/aromatic N) is 3. The van der Waals surface area contributed by atoms with Crippen molar-refractivity contribution in [3.63, 3.8) is 0 Å². The molecule has 114 valence electrons. The number of aromatic nitrogens is 3. The van der Waals surface area contributed by atoms with Gasteiger partial charge in [0, 0.05) is 30.6 Å². The number of imidazole rings is 1. The largest absolute Gasteiger partial charge is 0.310 e. The molecule has 1 aromatic carbocycles. The topological polar surface area (TPSA) is 39.3 Å². The second-order valence-electron chi connectivity index (χ2n) is 5.99. The zero-order valence-electron chi connectivity index (χ0n) is 12.4. The highest BCUT2D eigenvalue weighted by molar-refractivity contribution is 5.85. The van der Waals surface area contributed by atoms with Gasteiger partial charge in [-0.2, -0.15) is 0 Å². The predicted molar refractivity (Wildman–Crippen MR) is 88.8 cm³/mol. The third-order valence-electron chi connectivity index (χ3n) is 4.42. The van der Waals surface area contributed by atoms with E-state index in [0.29, 0.717) is 5.65 Å². The Morgan fingerprint density at radius 1 is 1.18 bits per heavy atom. The van der Waals surface area contributed by atoms with Gasteiger partial charge in [0.2, 0.25) is 5.65 Å². The summed E-state index contributed by atoms with van der Waals surface area (Å²) in [4.78, 5) is 16.9. The van der Waals surface area contributed by atoms with Gasteiger partial charge >= 0.3 is 0 Å². The summed E-state index contributed by atoms with van der Waals surface area (Å²) >= 11 is 0. The molecule has 0 N–H and O–H groups in total. The summed E-state index contributed by atoms with van der Waals surface area (Å²) in [6.45, 7) is 2.64. The maximum Gasteiger partial charge on any atom is 0.294 e. The minimum absolute atomic E-state index is 0. The molecule has 1 aliphatic rings.